The molecule has 45 heavy (non-hydrogen) atoms. The van der Waals surface area contributed by atoms with Gasteiger partial charge in [-0.3, -0.25) is 14.5 Å². The molecule has 2 saturated heterocycles. The summed E-state index contributed by atoms with van der Waals surface area (Å²) in [5, 5.41) is 3.15. The van der Waals surface area contributed by atoms with Crippen LogP contribution in [0.15, 0.2) is 102 Å². The summed E-state index contributed by atoms with van der Waals surface area (Å²) in [6.45, 7) is 0. The number of amides is 1. The van der Waals surface area contributed by atoms with Gasteiger partial charge in [-0.2, -0.15) is 0 Å². The molecule has 1 saturated carbocycles. The number of nitrogens with zero attached hydrogens (tertiary/aromatic N) is 1. The standard InChI is InChI=1S/C37H31BrClFN2O3/c38-24-17-18-26-28(21-24)41-35(44)37(26)29(25-15-10-16-27(39)30(25)40)32-34(43)45-33(23-13-6-2-7-14-23)31(22-11-4-1-5-12-22)42(32)36(37)19-8-3-9-20-36/h1-2,4-7,10-18,21,29,31-33H,3,8-9,19-20H2,(H,41,44)/t29-,31+,32+,33-,37+/m0/s1. The summed E-state index contributed by atoms with van der Waals surface area (Å²) in [4.78, 5) is 32.0. The molecule has 1 N–H and O–H groups in total. The van der Waals surface area contributed by atoms with Gasteiger partial charge in [-0.1, -0.05) is 126 Å². The van der Waals surface area contributed by atoms with E-state index in [1.165, 1.54) is 6.07 Å². The molecular formula is C37H31BrClFN2O3. The Morgan fingerprint density at radius 3 is 2.24 bits per heavy atom. The van der Waals surface area contributed by atoms with Gasteiger partial charge in [0.1, 0.15) is 23.4 Å². The van der Waals surface area contributed by atoms with Crippen LogP contribution in [0.3, 0.4) is 0 Å². The average molecular weight is 686 g/mol. The Morgan fingerprint density at radius 2 is 1.53 bits per heavy atom. The number of carbonyl (C=O) groups excluding carboxylic acids is 2. The first kappa shape index (κ1) is 28.9. The number of esters is 1. The van der Waals surface area contributed by atoms with Crippen molar-refractivity contribution in [3.63, 3.8) is 0 Å². The number of fused-ring (bicyclic) bond motifs is 5. The highest BCUT2D eigenvalue weighted by molar-refractivity contribution is 9.10. The number of anilines is 1. The third-order valence-corrected chi connectivity index (χ3v) is 11.4. The second-order valence-corrected chi connectivity index (χ2v) is 14.0. The monoisotopic (exact) mass is 684 g/mol. The van der Waals surface area contributed by atoms with E-state index in [4.69, 9.17) is 16.3 Å². The van der Waals surface area contributed by atoms with Crippen molar-refractivity contribution in [2.45, 2.75) is 67.2 Å². The minimum Gasteiger partial charge on any atom is -0.454 e. The predicted octanol–water partition coefficient (Wildman–Crippen LogP) is 8.64. The van der Waals surface area contributed by atoms with Gasteiger partial charge in [0.2, 0.25) is 5.91 Å². The lowest BCUT2D eigenvalue weighted by molar-refractivity contribution is -0.183. The number of rotatable bonds is 3. The molecule has 8 rings (SSSR count). The van der Waals surface area contributed by atoms with Gasteiger partial charge in [-0.05, 0) is 53.3 Å². The molecule has 0 unspecified atom stereocenters. The zero-order chi connectivity index (χ0) is 30.9. The van der Waals surface area contributed by atoms with Crippen LogP contribution < -0.4 is 5.32 Å². The highest BCUT2D eigenvalue weighted by atomic mass is 79.9. The molecule has 4 aliphatic rings. The van der Waals surface area contributed by atoms with Crippen LogP contribution in [0.2, 0.25) is 5.02 Å². The zero-order valence-electron chi connectivity index (χ0n) is 24.4. The molecule has 2 spiro atoms. The van der Waals surface area contributed by atoms with Crippen LogP contribution in [-0.2, 0) is 19.7 Å². The largest absolute Gasteiger partial charge is 0.454 e. The molecule has 3 fully saturated rings. The van der Waals surface area contributed by atoms with Crippen molar-refractivity contribution in [1.82, 2.24) is 4.90 Å². The quantitative estimate of drug-likeness (QED) is 0.220. The number of benzene rings is 4. The number of cyclic esters (lactones) is 1. The lowest BCUT2D eigenvalue weighted by Gasteiger charge is -2.55. The molecule has 0 bridgehead atoms. The molecule has 4 aromatic rings. The number of hydrogen-bond donors (Lipinski definition) is 1. The van der Waals surface area contributed by atoms with Crippen molar-refractivity contribution >= 4 is 45.1 Å². The van der Waals surface area contributed by atoms with E-state index in [-0.39, 0.29) is 16.5 Å². The molecule has 228 valence electrons. The van der Waals surface area contributed by atoms with E-state index in [9.17, 15) is 4.79 Å². The minimum absolute atomic E-state index is 0.0424. The van der Waals surface area contributed by atoms with Crippen LogP contribution in [0, 0.1) is 5.82 Å². The molecule has 4 aromatic carbocycles. The first-order chi connectivity index (χ1) is 21.9. The number of hydrogen-bond acceptors (Lipinski definition) is 4. The fourth-order valence-electron chi connectivity index (χ4n) is 9.16. The fraction of sp³-hybridized carbons (Fsp3) is 0.297. The highest BCUT2D eigenvalue weighted by Gasteiger charge is 2.78. The van der Waals surface area contributed by atoms with Crippen LogP contribution in [-0.4, -0.2) is 28.4 Å². The van der Waals surface area contributed by atoms with Gasteiger partial charge in [0.05, 0.1) is 11.1 Å². The zero-order valence-corrected chi connectivity index (χ0v) is 26.7. The molecule has 5 nitrogen and oxygen atoms in total. The van der Waals surface area contributed by atoms with Crippen molar-refractivity contribution in [1.29, 1.82) is 0 Å². The molecule has 5 atom stereocenters. The van der Waals surface area contributed by atoms with Gasteiger partial charge >= 0.3 is 5.97 Å². The van der Waals surface area contributed by atoms with Crippen LogP contribution >= 0.6 is 27.5 Å². The van der Waals surface area contributed by atoms with E-state index < -0.39 is 46.8 Å². The SMILES string of the molecule is O=C1O[C@@H](c2ccccc2)[C@@H](c2ccccc2)N2[C@@H]1[C@H](c1cccc(Cl)c1F)[C@]1(C(=O)Nc3cc(Br)ccc31)C21CCCCC1. The molecule has 3 aliphatic heterocycles. The average Bonchev–Trinajstić information content (AvgIpc) is 3.49. The minimum atomic E-state index is -1.29. The summed E-state index contributed by atoms with van der Waals surface area (Å²) in [5.74, 6) is -2.18. The molecule has 3 heterocycles. The van der Waals surface area contributed by atoms with Gasteiger partial charge in [0.25, 0.3) is 0 Å². The lowest BCUT2D eigenvalue weighted by Crippen LogP contribution is -2.63. The predicted molar refractivity (Wildman–Crippen MR) is 175 cm³/mol. The number of nitrogens with one attached hydrogen (secondary N) is 1. The second kappa shape index (κ2) is 10.8. The second-order valence-electron chi connectivity index (χ2n) is 12.6. The van der Waals surface area contributed by atoms with Crippen LogP contribution in [0.1, 0.15) is 72.4 Å². The normalized spacial score (nSPS) is 28.5. The Hall–Kier alpha value is -3.52. The molecule has 1 amide bonds. The number of ether oxygens (including phenoxy) is 1. The van der Waals surface area contributed by atoms with Gasteiger partial charge in [-0.15, -0.1) is 0 Å². The maximum Gasteiger partial charge on any atom is 0.324 e. The summed E-state index contributed by atoms with van der Waals surface area (Å²) < 4.78 is 23.7. The van der Waals surface area contributed by atoms with Gasteiger partial charge < -0.3 is 10.1 Å². The first-order valence-corrected chi connectivity index (χ1v) is 16.7. The van der Waals surface area contributed by atoms with Crippen molar-refractivity contribution in [2.24, 2.45) is 0 Å². The van der Waals surface area contributed by atoms with E-state index in [0.29, 0.717) is 18.5 Å². The first-order valence-electron chi connectivity index (χ1n) is 15.5. The van der Waals surface area contributed by atoms with Gasteiger partial charge in [0, 0.05) is 21.6 Å². The number of morpholine rings is 1. The number of carbonyl (C=O) groups is 2. The Bertz CT molecular complexity index is 1820. The molecule has 1 aliphatic carbocycles. The van der Waals surface area contributed by atoms with Crippen LogP contribution in [0.5, 0.6) is 0 Å². The summed E-state index contributed by atoms with van der Waals surface area (Å²) in [6, 6.07) is 29.2. The van der Waals surface area contributed by atoms with E-state index in [1.54, 1.807) is 12.1 Å². The van der Waals surface area contributed by atoms with Gasteiger partial charge in [0.15, 0.2) is 0 Å². The van der Waals surface area contributed by atoms with Crippen molar-refractivity contribution in [3.05, 3.63) is 135 Å². The van der Waals surface area contributed by atoms with E-state index in [1.807, 2.05) is 66.7 Å². The summed E-state index contributed by atoms with van der Waals surface area (Å²) in [7, 11) is 0. The summed E-state index contributed by atoms with van der Waals surface area (Å²) >= 11 is 10.0. The van der Waals surface area contributed by atoms with Crippen molar-refractivity contribution < 1.29 is 18.7 Å². The van der Waals surface area contributed by atoms with E-state index in [2.05, 4.69) is 38.3 Å². The third kappa shape index (κ3) is 4.00. The molecule has 0 aromatic heterocycles. The molecule has 8 heteroatoms. The Balaban J connectivity index is 1.49. The maximum absolute atomic E-state index is 16.4. The summed E-state index contributed by atoms with van der Waals surface area (Å²) in [5.41, 5.74) is 1.44. The summed E-state index contributed by atoms with van der Waals surface area (Å²) in [6.07, 6.45) is 3.48. The molecule has 0 radical (unpaired) electrons. The van der Waals surface area contributed by atoms with E-state index >= 15 is 9.18 Å². The fourth-order valence-corrected chi connectivity index (χ4v) is 9.70. The van der Waals surface area contributed by atoms with Crippen molar-refractivity contribution in [2.75, 3.05) is 5.32 Å². The van der Waals surface area contributed by atoms with Crippen LogP contribution in [0.25, 0.3) is 0 Å². The third-order valence-electron chi connectivity index (χ3n) is 10.7. The smallest absolute Gasteiger partial charge is 0.324 e. The Kier molecular flexibility index (Phi) is 6.93. The Labute approximate surface area is 274 Å². The maximum atomic E-state index is 16.4. The topological polar surface area (TPSA) is 58.6 Å². The Morgan fingerprint density at radius 1 is 0.844 bits per heavy atom. The van der Waals surface area contributed by atoms with E-state index in [0.717, 1.165) is 40.4 Å². The molecular weight excluding hydrogens is 655 g/mol. The number of halogens is 3. The highest BCUT2D eigenvalue weighted by Crippen LogP contribution is 2.70. The van der Waals surface area contributed by atoms with Crippen LogP contribution in [0.4, 0.5) is 10.1 Å². The lowest BCUT2D eigenvalue weighted by atomic mass is 9.55. The van der Waals surface area contributed by atoms with Crippen molar-refractivity contribution in [3.8, 4) is 0 Å². The van der Waals surface area contributed by atoms with Gasteiger partial charge in [-0.25, -0.2) is 4.39 Å².